The van der Waals surface area contributed by atoms with Crippen LogP contribution in [0.4, 0.5) is 5.69 Å². The Morgan fingerprint density at radius 1 is 0.765 bits per heavy atom. The van der Waals surface area contributed by atoms with Crippen molar-refractivity contribution in [1.82, 2.24) is 5.32 Å². The standard InChI is InChI=1S/C27H23ClN2O3S/c28-26-14-8-7-9-23(26)19-29-27(31)22-17-15-21(16-18-22)20-30(24-10-3-1-4-11-24)34(32,33)25-12-5-2-6-13-25/h1-18H,19-20H2,(H,29,31). The molecule has 0 spiro atoms. The summed E-state index contributed by atoms with van der Waals surface area (Å²) in [5.74, 6) is -0.233. The normalized spacial score (nSPS) is 11.1. The number of halogens is 1. The molecule has 4 rings (SSSR count). The van der Waals surface area contributed by atoms with E-state index in [0.717, 1.165) is 11.1 Å². The van der Waals surface area contributed by atoms with Crippen LogP contribution in [0.2, 0.25) is 5.02 Å². The van der Waals surface area contributed by atoms with Gasteiger partial charge in [-0.25, -0.2) is 8.42 Å². The van der Waals surface area contributed by atoms with Crippen molar-refractivity contribution in [2.75, 3.05) is 4.31 Å². The number of sulfonamides is 1. The predicted octanol–water partition coefficient (Wildman–Crippen LogP) is 5.67. The number of nitrogens with zero attached hydrogens (tertiary/aromatic N) is 1. The molecular weight excluding hydrogens is 468 g/mol. The minimum absolute atomic E-state index is 0.128. The fourth-order valence-corrected chi connectivity index (χ4v) is 5.15. The lowest BCUT2D eigenvalue weighted by Crippen LogP contribution is -2.30. The summed E-state index contributed by atoms with van der Waals surface area (Å²) in [5.41, 5.74) is 2.63. The molecule has 0 atom stereocenters. The van der Waals surface area contributed by atoms with Crippen LogP contribution in [0.5, 0.6) is 0 Å². The minimum Gasteiger partial charge on any atom is -0.348 e. The lowest BCUT2D eigenvalue weighted by molar-refractivity contribution is 0.0951. The Balaban J connectivity index is 1.52. The second kappa shape index (κ2) is 10.5. The van der Waals surface area contributed by atoms with E-state index in [0.29, 0.717) is 22.8 Å². The third-order valence-electron chi connectivity index (χ3n) is 5.31. The Bertz CT molecular complexity index is 1360. The number of anilines is 1. The van der Waals surface area contributed by atoms with Gasteiger partial charge < -0.3 is 5.32 Å². The second-order valence-corrected chi connectivity index (χ2v) is 9.90. The molecule has 0 aliphatic carbocycles. The number of hydrogen-bond donors (Lipinski definition) is 1. The van der Waals surface area contributed by atoms with Gasteiger partial charge in [0.1, 0.15) is 0 Å². The van der Waals surface area contributed by atoms with Crippen molar-refractivity contribution in [1.29, 1.82) is 0 Å². The van der Waals surface area contributed by atoms with Gasteiger partial charge in [-0.15, -0.1) is 0 Å². The molecule has 172 valence electrons. The molecule has 0 unspecified atom stereocenters. The summed E-state index contributed by atoms with van der Waals surface area (Å²) in [6.07, 6.45) is 0. The second-order valence-electron chi connectivity index (χ2n) is 7.63. The topological polar surface area (TPSA) is 66.5 Å². The van der Waals surface area contributed by atoms with Crippen LogP contribution in [0.1, 0.15) is 21.5 Å². The summed E-state index contributed by atoms with van der Waals surface area (Å²) in [4.78, 5) is 12.8. The average molecular weight is 491 g/mol. The number of benzene rings is 4. The Morgan fingerprint density at radius 3 is 2.00 bits per heavy atom. The van der Waals surface area contributed by atoms with Gasteiger partial charge in [-0.3, -0.25) is 9.10 Å². The molecule has 1 N–H and O–H groups in total. The highest BCUT2D eigenvalue weighted by Gasteiger charge is 2.25. The largest absolute Gasteiger partial charge is 0.348 e. The Kier molecular flexibility index (Phi) is 7.30. The number of para-hydroxylation sites is 1. The van der Waals surface area contributed by atoms with Gasteiger partial charge in [0.25, 0.3) is 15.9 Å². The molecular formula is C27H23ClN2O3S. The first kappa shape index (κ1) is 23.5. The summed E-state index contributed by atoms with van der Waals surface area (Å²) in [6, 6.07) is 31.6. The van der Waals surface area contributed by atoms with Crippen LogP contribution in [-0.2, 0) is 23.1 Å². The molecule has 34 heavy (non-hydrogen) atoms. The van der Waals surface area contributed by atoms with Gasteiger partial charge in [-0.2, -0.15) is 0 Å². The summed E-state index contributed by atoms with van der Waals surface area (Å²) in [5, 5.41) is 3.45. The molecule has 4 aromatic carbocycles. The first-order chi connectivity index (χ1) is 16.4. The van der Waals surface area contributed by atoms with Gasteiger partial charge in [0.05, 0.1) is 17.1 Å². The highest BCUT2D eigenvalue weighted by molar-refractivity contribution is 7.92. The Labute approximate surface area is 204 Å². The van der Waals surface area contributed by atoms with Crippen molar-refractivity contribution >= 4 is 33.2 Å². The molecule has 0 aliphatic heterocycles. The maximum Gasteiger partial charge on any atom is 0.264 e. The fourth-order valence-electron chi connectivity index (χ4n) is 3.48. The number of rotatable bonds is 8. The molecule has 0 fully saturated rings. The summed E-state index contributed by atoms with van der Waals surface area (Å²) < 4.78 is 28.2. The number of carbonyl (C=O) groups is 1. The molecule has 7 heteroatoms. The van der Waals surface area contributed by atoms with E-state index in [9.17, 15) is 13.2 Å². The molecule has 0 aliphatic rings. The van der Waals surface area contributed by atoms with Crippen molar-refractivity contribution in [3.63, 3.8) is 0 Å². The van der Waals surface area contributed by atoms with Gasteiger partial charge in [-0.1, -0.05) is 78.3 Å². The molecule has 4 aromatic rings. The van der Waals surface area contributed by atoms with Crippen LogP contribution in [-0.4, -0.2) is 14.3 Å². The van der Waals surface area contributed by atoms with Gasteiger partial charge in [0.15, 0.2) is 0 Å². The molecule has 0 saturated heterocycles. The maximum absolute atomic E-state index is 13.4. The van der Waals surface area contributed by atoms with E-state index in [2.05, 4.69) is 5.32 Å². The van der Waals surface area contributed by atoms with E-state index < -0.39 is 10.0 Å². The predicted molar refractivity (Wildman–Crippen MR) is 135 cm³/mol. The fraction of sp³-hybridized carbons (Fsp3) is 0.0741. The average Bonchev–Trinajstić information content (AvgIpc) is 2.88. The van der Waals surface area contributed by atoms with Crippen molar-refractivity contribution in [2.45, 2.75) is 18.0 Å². The molecule has 5 nitrogen and oxygen atoms in total. The summed E-state index contributed by atoms with van der Waals surface area (Å²) in [7, 11) is -3.78. The Morgan fingerprint density at radius 2 is 1.35 bits per heavy atom. The molecule has 0 heterocycles. The quantitative estimate of drug-likeness (QED) is 0.346. The SMILES string of the molecule is O=C(NCc1ccccc1Cl)c1ccc(CN(c2ccccc2)S(=O)(=O)c2ccccc2)cc1. The highest BCUT2D eigenvalue weighted by atomic mass is 35.5. The van der Waals surface area contributed by atoms with E-state index in [1.807, 2.05) is 24.3 Å². The smallest absolute Gasteiger partial charge is 0.264 e. The summed E-state index contributed by atoms with van der Waals surface area (Å²) >= 11 is 6.15. The lowest BCUT2D eigenvalue weighted by Gasteiger charge is -2.25. The van der Waals surface area contributed by atoms with Crippen LogP contribution >= 0.6 is 11.6 Å². The number of carbonyl (C=O) groups excluding carboxylic acids is 1. The molecule has 0 aromatic heterocycles. The van der Waals surface area contributed by atoms with Gasteiger partial charge >= 0.3 is 0 Å². The van der Waals surface area contributed by atoms with Crippen molar-refractivity contribution in [3.8, 4) is 0 Å². The van der Waals surface area contributed by atoms with Crippen LogP contribution in [0.15, 0.2) is 114 Å². The highest BCUT2D eigenvalue weighted by Crippen LogP contribution is 2.26. The van der Waals surface area contributed by atoms with Gasteiger partial charge in [0, 0.05) is 17.1 Å². The summed E-state index contributed by atoms with van der Waals surface area (Å²) in [6.45, 7) is 0.445. The lowest BCUT2D eigenvalue weighted by atomic mass is 10.1. The number of amides is 1. The Hall–Kier alpha value is -3.61. The van der Waals surface area contributed by atoms with E-state index >= 15 is 0 Å². The molecule has 0 radical (unpaired) electrons. The zero-order valence-electron chi connectivity index (χ0n) is 18.3. The van der Waals surface area contributed by atoms with E-state index in [4.69, 9.17) is 11.6 Å². The minimum atomic E-state index is -3.78. The third-order valence-corrected chi connectivity index (χ3v) is 7.47. The zero-order chi connectivity index (χ0) is 24.0. The van der Waals surface area contributed by atoms with Gasteiger partial charge in [0.2, 0.25) is 0 Å². The third kappa shape index (κ3) is 5.47. The van der Waals surface area contributed by atoms with Crippen molar-refractivity contribution < 1.29 is 13.2 Å². The van der Waals surface area contributed by atoms with Crippen LogP contribution in [0.3, 0.4) is 0 Å². The van der Waals surface area contributed by atoms with E-state index in [1.165, 1.54) is 4.31 Å². The molecule has 0 saturated carbocycles. The van der Waals surface area contributed by atoms with E-state index in [-0.39, 0.29) is 17.3 Å². The monoisotopic (exact) mass is 490 g/mol. The number of hydrogen-bond acceptors (Lipinski definition) is 3. The van der Waals surface area contributed by atoms with E-state index in [1.54, 1.807) is 84.9 Å². The van der Waals surface area contributed by atoms with Crippen molar-refractivity contribution in [3.05, 3.63) is 131 Å². The molecule has 1 amide bonds. The van der Waals surface area contributed by atoms with Crippen LogP contribution < -0.4 is 9.62 Å². The van der Waals surface area contributed by atoms with Crippen molar-refractivity contribution in [2.24, 2.45) is 0 Å². The first-order valence-electron chi connectivity index (χ1n) is 10.7. The maximum atomic E-state index is 13.4. The zero-order valence-corrected chi connectivity index (χ0v) is 19.8. The molecule has 0 bridgehead atoms. The van der Waals surface area contributed by atoms with Crippen LogP contribution in [0, 0.1) is 0 Å². The number of nitrogens with one attached hydrogen (secondary N) is 1. The van der Waals surface area contributed by atoms with Gasteiger partial charge in [-0.05, 0) is 53.6 Å². The van der Waals surface area contributed by atoms with Crippen LogP contribution in [0.25, 0.3) is 0 Å². The first-order valence-corrected chi connectivity index (χ1v) is 12.5.